The van der Waals surface area contributed by atoms with E-state index in [0.29, 0.717) is 0 Å². The molecule has 0 aliphatic heterocycles. The standard InChI is InChI=1S/C6H7ClS2/c1-2-5-3-4-8-6(5)9-7/h3-4H,2H2,1H3. The molecule has 0 aromatic carbocycles. The summed E-state index contributed by atoms with van der Waals surface area (Å²) < 4.78 is 1.24. The first-order valence-electron chi connectivity index (χ1n) is 2.73. The van der Waals surface area contributed by atoms with Crippen molar-refractivity contribution < 1.29 is 0 Å². The van der Waals surface area contributed by atoms with E-state index in [1.165, 1.54) is 20.7 Å². The highest BCUT2D eigenvalue weighted by atomic mass is 35.7. The minimum atomic E-state index is 1.08. The Bertz CT molecular complexity index is 164. The molecule has 1 heterocycles. The first kappa shape index (κ1) is 7.45. The van der Waals surface area contributed by atoms with Gasteiger partial charge in [0.15, 0.2) is 0 Å². The Morgan fingerprint density at radius 1 is 1.78 bits per heavy atom. The topological polar surface area (TPSA) is 0 Å². The lowest BCUT2D eigenvalue weighted by Gasteiger charge is -1.90. The summed E-state index contributed by atoms with van der Waals surface area (Å²) in [7, 11) is 6.90. The van der Waals surface area contributed by atoms with Gasteiger partial charge in [0, 0.05) is 0 Å². The SMILES string of the molecule is CCc1ccsc1SCl. The minimum absolute atomic E-state index is 1.08. The van der Waals surface area contributed by atoms with Crippen LogP contribution in [0.2, 0.25) is 0 Å². The van der Waals surface area contributed by atoms with Crippen LogP contribution in [0.25, 0.3) is 0 Å². The van der Waals surface area contributed by atoms with E-state index in [-0.39, 0.29) is 0 Å². The number of hydrogen-bond donors (Lipinski definition) is 0. The van der Waals surface area contributed by atoms with Crippen LogP contribution in [0.5, 0.6) is 0 Å². The molecule has 0 amide bonds. The van der Waals surface area contributed by atoms with Gasteiger partial charge in [-0.1, -0.05) is 6.92 Å². The van der Waals surface area contributed by atoms with Gasteiger partial charge >= 0.3 is 0 Å². The Hall–Kier alpha value is 0.340. The fraction of sp³-hybridized carbons (Fsp3) is 0.333. The van der Waals surface area contributed by atoms with Crippen LogP contribution in [0.15, 0.2) is 15.7 Å². The molecule has 0 saturated carbocycles. The summed E-state index contributed by atoms with van der Waals surface area (Å²) in [4.78, 5) is 0. The van der Waals surface area contributed by atoms with Crippen LogP contribution in [0.1, 0.15) is 12.5 Å². The molecule has 0 nitrogen and oxygen atoms in total. The molecule has 1 aromatic heterocycles. The molecular formula is C6H7ClS2. The van der Waals surface area contributed by atoms with E-state index in [4.69, 9.17) is 10.7 Å². The Balaban J connectivity index is 2.85. The Morgan fingerprint density at radius 2 is 2.56 bits per heavy atom. The fourth-order valence-electron chi connectivity index (χ4n) is 0.652. The van der Waals surface area contributed by atoms with E-state index < -0.39 is 0 Å². The molecule has 0 spiro atoms. The van der Waals surface area contributed by atoms with Crippen molar-refractivity contribution in [3.8, 4) is 0 Å². The highest BCUT2D eigenvalue weighted by molar-refractivity contribution is 8.22. The van der Waals surface area contributed by atoms with Crippen LogP contribution in [0.4, 0.5) is 0 Å². The maximum Gasteiger partial charge on any atom is 0.0788 e. The van der Waals surface area contributed by atoms with Crippen molar-refractivity contribution in [2.45, 2.75) is 17.6 Å². The van der Waals surface area contributed by atoms with Gasteiger partial charge in [-0.3, -0.25) is 0 Å². The second kappa shape index (κ2) is 3.49. The lowest BCUT2D eigenvalue weighted by molar-refractivity contribution is 1.12. The second-order valence-electron chi connectivity index (χ2n) is 1.66. The third kappa shape index (κ3) is 1.63. The number of halogens is 1. The van der Waals surface area contributed by atoms with Crippen molar-refractivity contribution in [2.24, 2.45) is 0 Å². The van der Waals surface area contributed by atoms with Crippen LogP contribution in [-0.2, 0) is 6.42 Å². The molecule has 50 valence electrons. The molecule has 0 fully saturated rings. The summed E-state index contributed by atoms with van der Waals surface area (Å²) in [6.07, 6.45) is 1.08. The summed E-state index contributed by atoms with van der Waals surface area (Å²) in [5.41, 5.74) is 1.36. The van der Waals surface area contributed by atoms with Gasteiger partial charge in [0.05, 0.1) is 4.21 Å². The quantitative estimate of drug-likeness (QED) is 0.668. The molecule has 0 aliphatic carbocycles. The number of hydrogen-bond acceptors (Lipinski definition) is 2. The van der Waals surface area contributed by atoms with Gasteiger partial charge in [0.2, 0.25) is 0 Å². The van der Waals surface area contributed by atoms with E-state index in [0.717, 1.165) is 6.42 Å². The zero-order valence-electron chi connectivity index (χ0n) is 5.06. The summed E-state index contributed by atoms with van der Waals surface area (Å²) in [6.45, 7) is 2.14. The predicted molar refractivity (Wildman–Crippen MR) is 45.4 cm³/mol. The summed E-state index contributed by atoms with van der Waals surface area (Å²) in [5, 5.41) is 2.07. The number of thiophene rings is 1. The van der Waals surface area contributed by atoms with Crippen LogP contribution in [-0.4, -0.2) is 0 Å². The molecule has 0 bridgehead atoms. The molecule has 0 radical (unpaired) electrons. The molecular weight excluding hydrogens is 172 g/mol. The minimum Gasteiger partial charge on any atom is -0.136 e. The normalized spacial score (nSPS) is 10.0. The van der Waals surface area contributed by atoms with Crippen molar-refractivity contribution >= 4 is 33.0 Å². The molecule has 0 unspecified atom stereocenters. The molecule has 0 aliphatic rings. The lowest BCUT2D eigenvalue weighted by atomic mass is 10.3. The van der Waals surface area contributed by atoms with E-state index >= 15 is 0 Å². The van der Waals surface area contributed by atoms with Gasteiger partial charge < -0.3 is 0 Å². The molecule has 1 aromatic rings. The fourth-order valence-corrected chi connectivity index (χ4v) is 2.62. The maximum absolute atomic E-state index is 5.58. The summed E-state index contributed by atoms with van der Waals surface area (Å²) >= 11 is 1.71. The average Bonchev–Trinajstić information content (AvgIpc) is 2.33. The molecule has 0 saturated heterocycles. The van der Waals surface area contributed by atoms with Crippen LogP contribution < -0.4 is 0 Å². The smallest absolute Gasteiger partial charge is 0.0788 e. The lowest BCUT2D eigenvalue weighted by Crippen LogP contribution is -1.72. The van der Waals surface area contributed by atoms with Crippen LogP contribution in [0.3, 0.4) is 0 Å². The predicted octanol–water partition coefficient (Wildman–Crippen LogP) is 3.56. The Labute approximate surface area is 67.7 Å². The zero-order valence-corrected chi connectivity index (χ0v) is 7.45. The number of rotatable bonds is 2. The van der Waals surface area contributed by atoms with Gasteiger partial charge in [0.25, 0.3) is 0 Å². The van der Waals surface area contributed by atoms with E-state index in [1.54, 1.807) is 11.3 Å². The van der Waals surface area contributed by atoms with Gasteiger partial charge in [-0.2, -0.15) is 0 Å². The molecule has 3 heteroatoms. The first-order valence-corrected chi connectivity index (χ1v) is 5.25. The Kier molecular flexibility index (Phi) is 2.89. The van der Waals surface area contributed by atoms with Crippen LogP contribution in [0, 0.1) is 0 Å². The van der Waals surface area contributed by atoms with Crippen molar-refractivity contribution in [1.29, 1.82) is 0 Å². The van der Waals surface area contributed by atoms with Crippen molar-refractivity contribution in [1.82, 2.24) is 0 Å². The largest absolute Gasteiger partial charge is 0.136 e. The maximum atomic E-state index is 5.58. The molecule has 1 rings (SSSR count). The van der Waals surface area contributed by atoms with Crippen molar-refractivity contribution in [3.05, 3.63) is 17.0 Å². The highest BCUT2D eigenvalue weighted by Gasteiger charge is 1.99. The van der Waals surface area contributed by atoms with Gasteiger partial charge in [-0.15, -0.1) is 11.3 Å². The first-order chi connectivity index (χ1) is 4.38. The van der Waals surface area contributed by atoms with E-state index in [1.807, 2.05) is 0 Å². The second-order valence-corrected chi connectivity index (χ2v) is 3.86. The third-order valence-electron chi connectivity index (χ3n) is 1.16. The molecule has 9 heavy (non-hydrogen) atoms. The summed E-state index contributed by atoms with van der Waals surface area (Å²) in [5.74, 6) is 0. The Morgan fingerprint density at radius 3 is 3.00 bits per heavy atom. The van der Waals surface area contributed by atoms with Gasteiger partial charge in [-0.05, 0) is 45.1 Å². The van der Waals surface area contributed by atoms with Gasteiger partial charge in [0.1, 0.15) is 0 Å². The van der Waals surface area contributed by atoms with Gasteiger partial charge in [-0.25, -0.2) is 0 Å². The monoisotopic (exact) mass is 178 g/mol. The van der Waals surface area contributed by atoms with E-state index in [9.17, 15) is 0 Å². The van der Waals surface area contributed by atoms with E-state index in [2.05, 4.69) is 18.4 Å². The van der Waals surface area contributed by atoms with Crippen molar-refractivity contribution in [2.75, 3.05) is 0 Å². The third-order valence-corrected chi connectivity index (χ3v) is 3.58. The van der Waals surface area contributed by atoms with Crippen LogP contribution >= 0.6 is 33.0 Å². The zero-order chi connectivity index (χ0) is 6.69. The average molecular weight is 179 g/mol. The van der Waals surface area contributed by atoms with Crippen molar-refractivity contribution in [3.63, 3.8) is 0 Å². The molecule has 0 atom stereocenters. The number of aryl methyl sites for hydroxylation is 1. The summed E-state index contributed by atoms with van der Waals surface area (Å²) in [6, 6.07) is 2.12. The molecule has 0 N–H and O–H groups in total. The highest BCUT2D eigenvalue weighted by Crippen LogP contribution is 2.31.